The second kappa shape index (κ2) is 9.58. The maximum absolute atomic E-state index is 13.4. The van der Waals surface area contributed by atoms with Gasteiger partial charge in [-0.1, -0.05) is 24.6 Å². The van der Waals surface area contributed by atoms with Gasteiger partial charge >= 0.3 is 0 Å². The lowest BCUT2D eigenvalue weighted by molar-refractivity contribution is -0.139. The monoisotopic (exact) mass is 470 g/mol. The third-order valence-corrected chi connectivity index (χ3v) is 5.74. The number of nitrogens with one attached hydrogen (secondary N) is 1. The van der Waals surface area contributed by atoms with E-state index >= 15 is 0 Å². The van der Waals surface area contributed by atoms with Gasteiger partial charge in [-0.2, -0.15) is 0 Å². The summed E-state index contributed by atoms with van der Waals surface area (Å²) in [5.41, 5.74) is 2.14. The molecule has 0 aromatic heterocycles. The summed E-state index contributed by atoms with van der Waals surface area (Å²) >= 11 is 6.18. The highest BCUT2D eigenvalue weighted by Gasteiger charge is 2.30. The van der Waals surface area contributed by atoms with Crippen molar-refractivity contribution in [2.24, 2.45) is 0 Å². The summed E-state index contributed by atoms with van der Waals surface area (Å²) in [7, 11) is 0. The number of hydrogen-bond donors (Lipinski definition) is 1. The predicted octanol–water partition coefficient (Wildman–Crippen LogP) is 5.57. The van der Waals surface area contributed by atoms with E-state index in [2.05, 4.69) is 5.32 Å². The zero-order valence-electron chi connectivity index (χ0n) is 17.8. The summed E-state index contributed by atoms with van der Waals surface area (Å²) in [6, 6.07) is 14.4. The standard InChI is InChI=1S/C25H21ClF2N2O3/c1-2-22-25(32)30(13-16-5-8-19(28)12-21(16)26)14-17-11-20(9-10-23(17)33-22)29-24(31)15-3-6-18(27)7-4-15/h3-12,22H,2,13-14H2,1H3,(H,29,31). The first kappa shape index (κ1) is 22.7. The van der Waals surface area contributed by atoms with E-state index in [1.165, 1.54) is 36.4 Å². The number of halogens is 3. The Hall–Kier alpha value is -3.45. The fraction of sp³-hybridized carbons (Fsp3) is 0.200. The highest BCUT2D eigenvalue weighted by Crippen LogP contribution is 2.31. The van der Waals surface area contributed by atoms with Crippen molar-refractivity contribution in [3.8, 4) is 5.75 Å². The molecule has 0 bridgehead atoms. The van der Waals surface area contributed by atoms with Gasteiger partial charge in [0.25, 0.3) is 11.8 Å². The zero-order valence-corrected chi connectivity index (χ0v) is 18.5. The van der Waals surface area contributed by atoms with Crippen LogP contribution >= 0.6 is 11.6 Å². The fourth-order valence-corrected chi connectivity index (χ4v) is 3.87. The molecule has 0 fully saturated rings. The number of nitrogens with zero attached hydrogens (tertiary/aromatic N) is 1. The lowest BCUT2D eigenvalue weighted by Crippen LogP contribution is -2.38. The minimum absolute atomic E-state index is 0.184. The quantitative estimate of drug-likeness (QED) is 0.530. The maximum Gasteiger partial charge on any atom is 0.264 e. The van der Waals surface area contributed by atoms with Crippen LogP contribution in [0.1, 0.15) is 34.8 Å². The average Bonchev–Trinajstić information content (AvgIpc) is 2.92. The van der Waals surface area contributed by atoms with Gasteiger partial charge in [0.15, 0.2) is 6.10 Å². The Morgan fingerprint density at radius 3 is 2.52 bits per heavy atom. The number of hydrogen-bond acceptors (Lipinski definition) is 3. The first-order valence-electron chi connectivity index (χ1n) is 10.4. The van der Waals surface area contributed by atoms with E-state index < -0.39 is 17.7 Å². The summed E-state index contributed by atoms with van der Waals surface area (Å²) in [6.07, 6.45) is -0.209. The van der Waals surface area contributed by atoms with Crippen molar-refractivity contribution in [3.05, 3.63) is 94.0 Å². The van der Waals surface area contributed by atoms with Gasteiger partial charge < -0.3 is 15.0 Å². The molecule has 0 spiro atoms. The van der Waals surface area contributed by atoms with Crippen LogP contribution in [0.5, 0.6) is 5.75 Å². The van der Waals surface area contributed by atoms with Gasteiger partial charge in [0.2, 0.25) is 0 Å². The van der Waals surface area contributed by atoms with Crippen LogP contribution in [0.25, 0.3) is 0 Å². The lowest BCUT2D eigenvalue weighted by Gasteiger charge is -2.23. The third-order valence-electron chi connectivity index (χ3n) is 5.39. The summed E-state index contributed by atoms with van der Waals surface area (Å²) in [6.45, 7) is 2.26. The van der Waals surface area contributed by atoms with Crippen LogP contribution < -0.4 is 10.1 Å². The second-order valence-corrected chi connectivity index (χ2v) is 8.14. The van der Waals surface area contributed by atoms with Crippen molar-refractivity contribution >= 4 is 29.1 Å². The minimum Gasteiger partial charge on any atom is -0.480 e. The second-order valence-electron chi connectivity index (χ2n) is 7.73. The van der Waals surface area contributed by atoms with Crippen molar-refractivity contribution in [3.63, 3.8) is 0 Å². The molecule has 1 heterocycles. The molecule has 2 amide bonds. The Bertz CT molecular complexity index is 1200. The number of ether oxygens (including phenoxy) is 1. The lowest BCUT2D eigenvalue weighted by atomic mass is 10.1. The molecule has 5 nitrogen and oxygen atoms in total. The molecular weight excluding hydrogens is 450 g/mol. The van der Waals surface area contributed by atoms with E-state index in [1.54, 1.807) is 29.2 Å². The molecule has 1 atom stereocenters. The molecule has 0 aliphatic carbocycles. The first-order valence-corrected chi connectivity index (χ1v) is 10.8. The van der Waals surface area contributed by atoms with Crippen molar-refractivity contribution < 1.29 is 23.1 Å². The van der Waals surface area contributed by atoms with E-state index in [4.69, 9.17) is 16.3 Å². The molecular formula is C25H21ClF2N2O3. The molecule has 4 rings (SSSR count). The molecule has 3 aromatic carbocycles. The zero-order chi connectivity index (χ0) is 23.5. The van der Waals surface area contributed by atoms with Crippen molar-refractivity contribution in [1.29, 1.82) is 0 Å². The number of fused-ring (bicyclic) bond motifs is 1. The highest BCUT2D eigenvalue weighted by atomic mass is 35.5. The molecule has 3 aromatic rings. The van der Waals surface area contributed by atoms with Crippen molar-refractivity contribution in [2.75, 3.05) is 5.32 Å². The van der Waals surface area contributed by atoms with Gasteiger partial charge in [0.05, 0.1) is 0 Å². The summed E-state index contributed by atoms with van der Waals surface area (Å²) in [5.74, 6) is -0.923. The number of rotatable bonds is 5. The smallest absolute Gasteiger partial charge is 0.264 e. The molecule has 0 radical (unpaired) electrons. The maximum atomic E-state index is 13.4. The molecule has 1 unspecified atom stereocenters. The highest BCUT2D eigenvalue weighted by molar-refractivity contribution is 6.31. The Kier molecular flexibility index (Phi) is 6.60. The first-order chi connectivity index (χ1) is 15.8. The number of benzene rings is 3. The Balaban J connectivity index is 1.59. The number of carbonyl (C=O) groups excluding carboxylic acids is 2. The van der Waals surface area contributed by atoms with Crippen LogP contribution in [0.4, 0.5) is 14.5 Å². The van der Waals surface area contributed by atoms with Crippen LogP contribution in [0.2, 0.25) is 5.02 Å². The van der Waals surface area contributed by atoms with E-state index in [0.29, 0.717) is 34.5 Å². The summed E-state index contributed by atoms with van der Waals surface area (Å²) in [4.78, 5) is 27.2. The van der Waals surface area contributed by atoms with Crippen LogP contribution in [-0.2, 0) is 17.9 Å². The van der Waals surface area contributed by atoms with Crippen LogP contribution in [0.15, 0.2) is 60.7 Å². The average molecular weight is 471 g/mol. The largest absolute Gasteiger partial charge is 0.480 e. The van der Waals surface area contributed by atoms with Gasteiger partial charge in [-0.15, -0.1) is 0 Å². The molecule has 33 heavy (non-hydrogen) atoms. The third kappa shape index (κ3) is 5.14. The van der Waals surface area contributed by atoms with E-state index in [9.17, 15) is 18.4 Å². The van der Waals surface area contributed by atoms with Gasteiger partial charge in [-0.3, -0.25) is 9.59 Å². The Labute approximate surface area is 194 Å². The molecule has 1 aliphatic heterocycles. The number of carbonyl (C=O) groups is 2. The SMILES string of the molecule is CCC1Oc2ccc(NC(=O)c3ccc(F)cc3)cc2CN(Cc2ccc(F)cc2Cl)C1=O. The van der Waals surface area contributed by atoms with Crippen LogP contribution in [-0.4, -0.2) is 22.8 Å². The molecule has 8 heteroatoms. The molecule has 170 valence electrons. The van der Waals surface area contributed by atoms with Gasteiger partial charge in [0, 0.05) is 34.9 Å². The normalized spacial score (nSPS) is 15.5. The van der Waals surface area contributed by atoms with E-state index in [1.807, 2.05) is 6.92 Å². The predicted molar refractivity (Wildman–Crippen MR) is 121 cm³/mol. The molecule has 0 saturated heterocycles. The number of amides is 2. The summed E-state index contributed by atoms with van der Waals surface area (Å²) in [5, 5.41) is 3.02. The van der Waals surface area contributed by atoms with E-state index in [-0.39, 0.29) is 29.9 Å². The molecule has 1 N–H and O–H groups in total. The van der Waals surface area contributed by atoms with Gasteiger partial charge in [0.1, 0.15) is 17.4 Å². The van der Waals surface area contributed by atoms with Gasteiger partial charge in [-0.05, 0) is 66.6 Å². The Morgan fingerprint density at radius 1 is 1.09 bits per heavy atom. The fourth-order valence-electron chi connectivity index (χ4n) is 3.64. The van der Waals surface area contributed by atoms with Crippen molar-refractivity contribution in [2.45, 2.75) is 32.5 Å². The molecule has 0 saturated carbocycles. The van der Waals surface area contributed by atoms with E-state index in [0.717, 1.165) is 0 Å². The van der Waals surface area contributed by atoms with Crippen molar-refractivity contribution in [1.82, 2.24) is 4.90 Å². The van der Waals surface area contributed by atoms with Gasteiger partial charge in [-0.25, -0.2) is 8.78 Å². The Morgan fingerprint density at radius 2 is 1.82 bits per heavy atom. The minimum atomic E-state index is -0.676. The molecule has 1 aliphatic rings. The topological polar surface area (TPSA) is 58.6 Å². The summed E-state index contributed by atoms with van der Waals surface area (Å²) < 4.78 is 32.5. The number of anilines is 1. The van der Waals surface area contributed by atoms with Crippen LogP contribution in [0.3, 0.4) is 0 Å². The van der Waals surface area contributed by atoms with Crippen LogP contribution in [0, 0.1) is 11.6 Å².